The molecule has 1 aromatic rings. The lowest BCUT2D eigenvalue weighted by atomic mass is 9.66. The molecule has 3 atom stereocenters. The molecule has 0 heterocycles. The summed E-state index contributed by atoms with van der Waals surface area (Å²) in [6.45, 7) is 5.48. The fourth-order valence-electron chi connectivity index (χ4n) is 3.66. The van der Waals surface area contributed by atoms with Gasteiger partial charge in [0.05, 0.1) is 18.8 Å². The van der Waals surface area contributed by atoms with E-state index in [0.717, 1.165) is 24.8 Å². The maximum Gasteiger partial charge on any atom is 0.0922 e. The fourth-order valence-corrected chi connectivity index (χ4v) is 3.66. The van der Waals surface area contributed by atoms with Crippen molar-refractivity contribution in [2.24, 2.45) is 17.1 Å². The molecule has 112 valence electrons. The van der Waals surface area contributed by atoms with Gasteiger partial charge in [-0.05, 0) is 24.8 Å². The second-order valence-corrected chi connectivity index (χ2v) is 6.41. The van der Waals surface area contributed by atoms with Crippen molar-refractivity contribution in [1.29, 1.82) is 0 Å². The van der Waals surface area contributed by atoms with Gasteiger partial charge >= 0.3 is 0 Å². The minimum absolute atomic E-state index is 0.205. The SMILES string of the molecule is CC1CCCC1(CN)C(C)(O)COCc1ccccc1. The molecule has 2 rings (SSSR count). The zero-order chi connectivity index (χ0) is 14.6. The van der Waals surface area contributed by atoms with E-state index in [9.17, 15) is 5.11 Å². The summed E-state index contributed by atoms with van der Waals surface area (Å²) in [6, 6.07) is 10.1. The highest BCUT2D eigenvalue weighted by Crippen LogP contribution is 2.49. The van der Waals surface area contributed by atoms with Crippen LogP contribution in [0.1, 0.15) is 38.7 Å². The molecule has 1 saturated carbocycles. The Kier molecular flexibility index (Phi) is 4.84. The van der Waals surface area contributed by atoms with Crippen molar-refractivity contribution in [1.82, 2.24) is 0 Å². The second-order valence-electron chi connectivity index (χ2n) is 6.41. The Balaban J connectivity index is 1.96. The van der Waals surface area contributed by atoms with Crippen LogP contribution in [-0.2, 0) is 11.3 Å². The predicted molar refractivity (Wildman–Crippen MR) is 81.2 cm³/mol. The number of rotatable bonds is 6. The molecule has 3 unspecified atom stereocenters. The Bertz CT molecular complexity index is 418. The standard InChI is InChI=1S/C17H27NO2/c1-14-7-6-10-17(14,12-18)16(2,19)13-20-11-15-8-4-3-5-9-15/h3-5,8-9,14,19H,6-7,10-13,18H2,1-2H3. The van der Waals surface area contributed by atoms with E-state index in [0.29, 0.717) is 25.7 Å². The zero-order valence-corrected chi connectivity index (χ0v) is 12.6. The van der Waals surface area contributed by atoms with Gasteiger partial charge in [0.15, 0.2) is 0 Å². The van der Waals surface area contributed by atoms with Crippen molar-refractivity contribution in [3.05, 3.63) is 35.9 Å². The Morgan fingerprint density at radius 1 is 1.40 bits per heavy atom. The van der Waals surface area contributed by atoms with Crippen molar-refractivity contribution in [3.8, 4) is 0 Å². The van der Waals surface area contributed by atoms with Gasteiger partial charge in [-0.2, -0.15) is 0 Å². The summed E-state index contributed by atoms with van der Waals surface area (Å²) in [5.74, 6) is 0.447. The van der Waals surface area contributed by atoms with Gasteiger partial charge in [0.1, 0.15) is 0 Å². The van der Waals surface area contributed by atoms with Crippen LogP contribution in [0.5, 0.6) is 0 Å². The zero-order valence-electron chi connectivity index (χ0n) is 12.6. The number of nitrogens with two attached hydrogens (primary N) is 1. The van der Waals surface area contributed by atoms with E-state index in [4.69, 9.17) is 10.5 Å². The van der Waals surface area contributed by atoms with Crippen LogP contribution in [0.4, 0.5) is 0 Å². The van der Waals surface area contributed by atoms with Crippen molar-refractivity contribution in [3.63, 3.8) is 0 Å². The number of benzene rings is 1. The molecule has 0 bridgehead atoms. The smallest absolute Gasteiger partial charge is 0.0922 e. The van der Waals surface area contributed by atoms with Gasteiger partial charge in [0.25, 0.3) is 0 Å². The largest absolute Gasteiger partial charge is 0.387 e. The van der Waals surface area contributed by atoms with Gasteiger partial charge < -0.3 is 15.6 Å². The lowest BCUT2D eigenvalue weighted by Gasteiger charge is -2.45. The summed E-state index contributed by atoms with van der Waals surface area (Å²) in [6.07, 6.45) is 3.28. The number of ether oxygens (including phenoxy) is 1. The third-order valence-corrected chi connectivity index (χ3v) is 5.13. The van der Waals surface area contributed by atoms with E-state index < -0.39 is 5.60 Å². The summed E-state index contributed by atoms with van der Waals surface area (Å²) in [5, 5.41) is 10.9. The molecule has 3 heteroatoms. The van der Waals surface area contributed by atoms with Gasteiger partial charge in [-0.1, -0.05) is 50.1 Å². The van der Waals surface area contributed by atoms with Crippen molar-refractivity contribution >= 4 is 0 Å². The van der Waals surface area contributed by atoms with Gasteiger partial charge in [0.2, 0.25) is 0 Å². The number of hydrogen-bond acceptors (Lipinski definition) is 3. The van der Waals surface area contributed by atoms with Crippen LogP contribution >= 0.6 is 0 Å². The lowest BCUT2D eigenvalue weighted by molar-refractivity contribution is -0.133. The highest BCUT2D eigenvalue weighted by molar-refractivity contribution is 5.13. The average Bonchev–Trinajstić information content (AvgIpc) is 2.82. The Morgan fingerprint density at radius 3 is 2.65 bits per heavy atom. The molecule has 1 aliphatic carbocycles. The van der Waals surface area contributed by atoms with E-state index in [1.54, 1.807) is 0 Å². The van der Waals surface area contributed by atoms with Gasteiger partial charge in [-0.15, -0.1) is 0 Å². The summed E-state index contributed by atoms with van der Waals surface area (Å²) in [4.78, 5) is 0. The second kappa shape index (κ2) is 6.25. The Hall–Kier alpha value is -0.900. The summed E-state index contributed by atoms with van der Waals surface area (Å²) in [5.41, 5.74) is 6.07. The first-order valence-corrected chi connectivity index (χ1v) is 7.56. The first-order valence-electron chi connectivity index (χ1n) is 7.56. The number of aliphatic hydroxyl groups is 1. The number of hydrogen-bond donors (Lipinski definition) is 2. The summed E-state index contributed by atoms with van der Waals surface area (Å²) >= 11 is 0. The monoisotopic (exact) mass is 277 g/mol. The Labute approximate surface area is 122 Å². The van der Waals surface area contributed by atoms with E-state index in [1.807, 2.05) is 37.3 Å². The molecule has 0 spiro atoms. The molecule has 0 radical (unpaired) electrons. The van der Waals surface area contributed by atoms with Crippen molar-refractivity contribution in [2.75, 3.05) is 13.2 Å². The normalized spacial score (nSPS) is 29.3. The van der Waals surface area contributed by atoms with Crippen LogP contribution in [0, 0.1) is 11.3 Å². The average molecular weight is 277 g/mol. The maximum absolute atomic E-state index is 10.9. The summed E-state index contributed by atoms with van der Waals surface area (Å²) in [7, 11) is 0. The molecule has 0 aliphatic heterocycles. The van der Waals surface area contributed by atoms with Gasteiger partial charge in [-0.3, -0.25) is 0 Å². The first kappa shape index (κ1) is 15.5. The molecule has 1 fully saturated rings. The van der Waals surface area contributed by atoms with Crippen LogP contribution in [0.2, 0.25) is 0 Å². The molecule has 3 N–H and O–H groups in total. The van der Waals surface area contributed by atoms with E-state index in [2.05, 4.69) is 6.92 Å². The highest BCUT2D eigenvalue weighted by atomic mass is 16.5. The van der Waals surface area contributed by atoms with Crippen LogP contribution in [0.15, 0.2) is 30.3 Å². The van der Waals surface area contributed by atoms with E-state index in [1.165, 1.54) is 0 Å². The van der Waals surface area contributed by atoms with E-state index in [-0.39, 0.29) is 5.41 Å². The van der Waals surface area contributed by atoms with Crippen molar-refractivity contribution in [2.45, 2.75) is 45.3 Å². The fraction of sp³-hybridized carbons (Fsp3) is 0.647. The minimum atomic E-state index is -0.869. The van der Waals surface area contributed by atoms with Gasteiger partial charge in [-0.25, -0.2) is 0 Å². The predicted octanol–water partition coefficient (Wildman–Crippen LogP) is 2.72. The third kappa shape index (κ3) is 2.90. The topological polar surface area (TPSA) is 55.5 Å². The third-order valence-electron chi connectivity index (χ3n) is 5.13. The lowest BCUT2D eigenvalue weighted by Crippen LogP contribution is -2.55. The Morgan fingerprint density at radius 2 is 2.10 bits per heavy atom. The quantitative estimate of drug-likeness (QED) is 0.840. The molecular formula is C17H27NO2. The van der Waals surface area contributed by atoms with Crippen LogP contribution in [0.3, 0.4) is 0 Å². The first-order chi connectivity index (χ1) is 9.52. The maximum atomic E-state index is 10.9. The summed E-state index contributed by atoms with van der Waals surface area (Å²) < 4.78 is 5.77. The molecule has 0 amide bonds. The minimum Gasteiger partial charge on any atom is -0.387 e. The molecule has 1 aromatic carbocycles. The molecule has 0 saturated heterocycles. The molecule has 20 heavy (non-hydrogen) atoms. The van der Waals surface area contributed by atoms with Crippen LogP contribution in [0.25, 0.3) is 0 Å². The van der Waals surface area contributed by atoms with Crippen LogP contribution in [-0.4, -0.2) is 23.9 Å². The van der Waals surface area contributed by atoms with Crippen LogP contribution < -0.4 is 5.73 Å². The van der Waals surface area contributed by atoms with Gasteiger partial charge in [0, 0.05) is 12.0 Å². The highest BCUT2D eigenvalue weighted by Gasteiger charge is 2.52. The van der Waals surface area contributed by atoms with Crippen molar-refractivity contribution < 1.29 is 9.84 Å². The van der Waals surface area contributed by atoms with E-state index >= 15 is 0 Å². The molecular weight excluding hydrogens is 250 g/mol. The molecule has 3 nitrogen and oxygen atoms in total. The molecule has 0 aromatic heterocycles. The molecule has 1 aliphatic rings.